The molecule has 0 bridgehead atoms. The lowest BCUT2D eigenvalue weighted by molar-refractivity contribution is 0.0951. The highest BCUT2D eigenvalue weighted by atomic mass is 35.5. The van der Waals surface area contributed by atoms with Gasteiger partial charge in [0.2, 0.25) is 0 Å². The second-order valence-electron chi connectivity index (χ2n) is 7.52. The number of hydrogen-bond acceptors (Lipinski definition) is 4. The van der Waals surface area contributed by atoms with Crippen molar-refractivity contribution in [2.75, 3.05) is 12.3 Å². The van der Waals surface area contributed by atoms with Crippen molar-refractivity contribution >= 4 is 45.5 Å². The molecule has 6 nitrogen and oxygen atoms in total. The Hall–Kier alpha value is -3.12. The number of carbonyl (C=O) groups excluding carboxylic acids is 1. The summed E-state index contributed by atoms with van der Waals surface area (Å²) in [6.07, 6.45) is 0. The summed E-state index contributed by atoms with van der Waals surface area (Å²) in [5.41, 5.74) is 10.9. The number of aryl methyl sites for hydroxylation is 1. The lowest BCUT2D eigenvalue weighted by Gasteiger charge is -2.10. The van der Waals surface area contributed by atoms with Gasteiger partial charge < -0.3 is 11.1 Å². The number of hydrogen-bond donors (Lipinski definition) is 2. The number of benzene rings is 2. The zero-order valence-corrected chi connectivity index (χ0v) is 17.3. The minimum absolute atomic E-state index is 0.261. The molecule has 0 aliphatic rings. The third kappa shape index (κ3) is 3.40. The third-order valence-electron chi connectivity index (χ3n) is 4.81. The van der Waals surface area contributed by atoms with Gasteiger partial charge in [0.15, 0.2) is 5.65 Å². The first-order valence-corrected chi connectivity index (χ1v) is 9.86. The molecule has 4 rings (SSSR count). The van der Waals surface area contributed by atoms with Crippen LogP contribution in [0.5, 0.6) is 0 Å². The van der Waals surface area contributed by atoms with E-state index in [1.54, 1.807) is 4.57 Å². The number of fused-ring (bicyclic) bond motifs is 2. The Morgan fingerprint density at radius 3 is 2.52 bits per heavy atom. The van der Waals surface area contributed by atoms with E-state index in [1.165, 1.54) is 0 Å². The molecular formula is C22H22ClN5O. The average molecular weight is 408 g/mol. The maximum absolute atomic E-state index is 13.0. The lowest BCUT2D eigenvalue weighted by Crippen LogP contribution is -2.28. The first-order valence-electron chi connectivity index (χ1n) is 9.48. The highest BCUT2D eigenvalue weighted by Gasteiger charge is 2.25. The van der Waals surface area contributed by atoms with Crippen LogP contribution in [0.15, 0.2) is 42.5 Å². The number of nitrogen functional groups attached to an aromatic ring is 1. The van der Waals surface area contributed by atoms with Gasteiger partial charge in [-0.2, -0.15) is 0 Å². The molecule has 0 radical (unpaired) electrons. The van der Waals surface area contributed by atoms with Crippen molar-refractivity contribution in [3.8, 4) is 5.69 Å². The zero-order chi connectivity index (χ0) is 20.7. The van der Waals surface area contributed by atoms with E-state index in [0.29, 0.717) is 39.7 Å². The van der Waals surface area contributed by atoms with E-state index in [0.717, 1.165) is 16.8 Å². The standard InChI is InChI=1S/C22H22ClN5O/c1-12(2)11-25-22(29)18-19-21(27-17-7-5-4-6-16(17)26-19)28(20(18)24)14-9-8-13(3)15(23)10-14/h4-10,12H,11,24H2,1-3H3,(H,25,29). The van der Waals surface area contributed by atoms with Crippen LogP contribution in [-0.2, 0) is 0 Å². The quantitative estimate of drug-likeness (QED) is 0.521. The lowest BCUT2D eigenvalue weighted by atomic mass is 10.2. The van der Waals surface area contributed by atoms with Crippen LogP contribution in [0.3, 0.4) is 0 Å². The molecule has 2 aromatic heterocycles. The minimum atomic E-state index is -0.261. The second-order valence-corrected chi connectivity index (χ2v) is 7.92. The number of carbonyl (C=O) groups is 1. The number of rotatable bonds is 4. The molecule has 1 amide bonds. The first-order chi connectivity index (χ1) is 13.9. The minimum Gasteiger partial charge on any atom is -0.384 e. The maximum atomic E-state index is 13.0. The van der Waals surface area contributed by atoms with Crippen molar-refractivity contribution < 1.29 is 4.79 Å². The van der Waals surface area contributed by atoms with Gasteiger partial charge in [-0.3, -0.25) is 9.36 Å². The fraction of sp³-hybridized carbons (Fsp3) is 0.227. The van der Waals surface area contributed by atoms with E-state index in [-0.39, 0.29) is 11.7 Å². The van der Waals surface area contributed by atoms with Gasteiger partial charge in [0.05, 0.1) is 16.7 Å². The van der Waals surface area contributed by atoms with Crippen LogP contribution < -0.4 is 11.1 Å². The summed E-state index contributed by atoms with van der Waals surface area (Å²) >= 11 is 6.35. The summed E-state index contributed by atoms with van der Waals surface area (Å²) < 4.78 is 1.74. The molecular weight excluding hydrogens is 386 g/mol. The predicted molar refractivity (Wildman–Crippen MR) is 118 cm³/mol. The smallest absolute Gasteiger partial charge is 0.257 e. The molecule has 0 unspecified atom stereocenters. The molecule has 0 atom stereocenters. The summed E-state index contributed by atoms with van der Waals surface area (Å²) in [6, 6.07) is 13.2. The molecule has 0 aliphatic heterocycles. The van der Waals surface area contributed by atoms with Gasteiger partial charge in [-0.1, -0.05) is 43.6 Å². The van der Waals surface area contributed by atoms with Crippen LogP contribution >= 0.6 is 11.6 Å². The van der Waals surface area contributed by atoms with Crippen molar-refractivity contribution in [2.45, 2.75) is 20.8 Å². The SMILES string of the molecule is Cc1ccc(-n2c(N)c(C(=O)NCC(C)C)c3nc4ccccc4nc32)cc1Cl. The van der Waals surface area contributed by atoms with E-state index in [1.807, 2.05) is 63.2 Å². The van der Waals surface area contributed by atoms with Crippen LogP contribution in [0.2, 0.25) is 5.02 Å². The summed E-state index contributed by atoms with van der Waals surface area (Å²) in [5.74, 6) is 0.343. The van der Waals surface area contributed by atoms with Crippen molar-refractivity contribution in [1.29, 1.82) is 0 Å². The number of amides is 1. The number of anilines is 1. The molecule has 7 heteroatoms. The number of nitrogens with two attached hydrogens (primary N) is 1. The highest BCUT2D eigenvalue weighted by molar-refractivity contribution is 6.31. The van der Waals surface area contributed by atoms with Crippen LogP contribution in [0.4, 0.5) is 5.82 Å². The average Bonchev–Trinajstić information content (AvgIpc) is 2.97. The fourth-order valence-electron chi connectivity index (χ4n) is 3.25. The summed E-state index contributed by atoms with van der Waals surface area (Å²) in [5, 5.41) is 3.55. The molecule has 2 heterocycles. The van der Waals surface area contributed by atoms with E-state index >= 15 is 0 Å². The Labute approximate surface area is 173 Å². The van der Waals surface area contributed by atoms with E-state index in [4.69, 9.17) is 27.3 Å². The van der Waals surface area contributed by atoms with Gasteiger partial charge in [0.1, 0.15) is 16.9 Å². The molecule has 29 heavy (non-hydrogen) atoms. The molecule has 3 N–H and O–H groups in total. The molecule has 0 saturated heterocycles. The molecule has 4 aromatic rings. The number of halogens is 1. The molecule has 148 valence electrons. The van der Waals surface area contributed by atoms with E-state index < -0.39 is 0 Å². The molecule has 0 saturated carbocycles. The summed E-state index contributed by atoms with van der Waals surface area (Å²) in [7, 11) is 0. The van der Waals surface area contributed by atoms with Gasteiger partial charge in [0.25, 0.3) is 5.91 Å². The number of para-hydroxylation sites is 2. The van der Waals surface area contributed by atoms with Crippen LogP contribution in [-0.4, -0.2) is 27.0 Å². The Morgan fingerprint density at radius 2 is 1.86 bits per heavy atom. The van der Waals surface area contributed by atoms with Crippen molar-refractivity contribution in [1.82, 2.24) is 19.9 Å². The highest BCUT2D eigenvalue weighted by Crippen LogP contribution is 2.32. The Morgan fingerprint density at radius 1 is 1.17 bits per heavy atom. The first kappa shape index (κ1) is 19.2. The summed E-state index contributed by atoms with van der Waals surface area (Å²) in [6.45, 7) is 6.55. The van der Waals surface area contributed by atoms with E-state index in [2.05, 4.69) is 5.32 Å². The Kier molecular flexibility index (Phi) is 4.88. The van der Waals surface area contributed by atoms with Crippen molar-refractivity contribution in [3.63, 3.8) is 0 Å². The monoisotopic (exact) mass is 407 g/mol. The number of aromatic nitrogens is 3. The fourth-order valence-corrected chi connectivity index (χ4v) is 3.43. The van der Waals surface area contributed by atoms with E-state index in [9.17, 15) is 4.79 Å². The zero-order valence-electron chi connectivity index (χ0n) is 16.5. The van der Waals surface area contributed by atoms with Crippen molar-refractivity contribution in [3.05, 3.63) is 58.6 Å². The topological polar surface area (TPSA) is 85.8 Å². The normalized spacial score (nSPS) is 11.5. The van der Waals surface area contributed by atoms with Crippen molar-refractivity contribution in [2.24, 2.45) is 5.92 Å². The maximum Gasteiger partial charge on any atom is 0.257 e. The number of nitrogens with zero attached hydrogens (tertiary/aromatic N) is 3. The predicted octanol–water partition coefficient (Wildman–Crippen LogP) is 4.50. The molecule has 2 aromatic carbocycles. The Bertz CT molecular complexity index is 1250. The Balaban J connectivity index is 2.01. The second kappa shape index (κ2) is 7.37. The van der Waals surface area contributed by atoms with Gasteiger partial charge in [-0.25, -0.2) is 9.97 Å². The molecule has 0 fully saturated rings. The largest absolute Gasteiger partial charge is 0.384 e. The number of nitrogens with one attached hydrogen (secondary N) is 1. The third-order valence-corrected chi connectivity index (χ3v) is 5.22. The molecule has 0 spiro atoms. The van der Waals surface area contributed by atoms with Gasteiger partial charge in [0, 0.05) is 11.6 Å². The van der Waals surface area contributed by atoms with Crippen LogP contribution in [0.25, 0.3) is 27.9 Å². The molecule has 0 aliphatic carbocycles. The summed E-state index contributed by atoms with van der Waals surface area (Å²) in [4.78, 5) is 22.5. The van der Waals surface area contributed by atoms with Gasteiger partial charge in [-0.05, 0) is 42.7 Å². The van der Waals surface area contributed by atoms with Gasteiger partial charge >= 0.3 is 0 Å². The van der Waals surface area contributed by atoms with Gasteiger partial charge in [-0.15, -0.1) is 0 Å². The van der Waals surface area contributed by atoms with Crippen LogP contribution in [0, 0.1) is 12.8 Å². The van der Waals surface area contributed by atoms with Crippen LogP contribution in [0.1, 0.15) is 29.8 Å².